The van der Waals surface area contributed by atoms with Gasteiger partial charge in [-0.3, -0.25) is 9.63 Å². The highest BCUT2D eigenvalue weighted by Crippen LogP contribution is 2.14. The fraction of sp³-hybridized carbons (Fsp3) is 0.500. The molecule has 1 fully saturated rings. The van der Waals surface area contributed by atoms with E-state index in [0.29, 0.717) is 6.61 Å². The lowest BCUT2D eigenvalue weighted by Gasteiger charge is -2.32. The number of halogens is 1. The largest absolute Gasteiger partial charge is 0.317 e. The Balaban J connectivity index is 0.00000180. The molecule has 0 saturated carbocycles. The van der Waals surface area contributed by atoms with E-state index in [2.05, 4.69) is 5.32 Å². The standard InChI is InChI=1S/C14H20N2O2.ClH/c1-12(17)16(14-7-9-15-10-8-14)18-11-13-5-3-2-4-6-13;/h2-6,14-15H,7-11H2,1H3;1H. The van der Waals surface area contributed by atoms with Crippen LogP contribution in [0.15, 0.2) is 30.3 Å². The minimum Gasteiger partial charge on any atom is -0.317 e. The average molecular weight is 285 g/mol. The van der Waals surface area contributed by atoms with Crippen LogP contribution in [0, 0.1) is 0 Å². The number of piperidine rings is 1. The van der Waals surface area contributed by atoms with Gasteiger partial charge in [0.2, 0.25) is 5.91 Å². The van der Waals surface area contributed by atoms with Crippen LogP contribution in [0.1, 0.15) is 25.3 Å². The van der Waals surface area contributed by atoms with E-state index in [4.69, 9.17) is 4.84 Å². The van der Waals surface area contributed by atoms with Crippen LogP contribution in [0.3, 0.4) is 0 Å². The number of nitrogens with zero attached hydrogens (tertiary/aromatic N) is 1. The van der Waals surface area contributed by atoms with Crippen LogP contribution in [-0.4, -0.2) is 30.1 Å². The van der Waals surface area contributed by atoms with Gasteiger partial charge in [-0.1, -0.05) is 30.3 Å². The Hall–Kier alpha value is -1.10. The molecule has 1 aromatic carbocycles. The van der Waals surface area contributed by atoms with Crippen molar-refractivity contribution in [3.8, 4) is 0 Å². The maximum atomic E-state index is 11.6. The molecule has 2 rings (SSSR count). The lowest BCUT2D eigenvalue weighted by molar-refractivity contribution is -0.206. The van der Waals surface area contributed by atoms with Crippen LogP contribution in [0.4, 0.5) is 0 Å². The lowest BCUT2D eigenvalue weighted by Crippen LogP contribution is -2.45. The average Bonchev–Trinajstić information content (AvgIpc) is 2.41. The first kappa shape index (κ1) is 16.0. The van der Waals surface area contributed by atoms with Crippen LogP contribution in [0.2, 0.25) is 0 Å². The number of rotatable bonds is 4. The van der Waals surface area contributed by atoms with Gasteiger partial charge in [0.05, 0.1) is 6.04 Å². The highest BCUT2D eigenvalue weighted by atomic mass is 35.5. The van der Waals surface area contributed by atoms with Gasteiger partial charge in [0.1, 0.15) is 6.61 Å². The zero-order chi connectivity index (χ0) is 12.8. The summed E-state index contributed by atoms with van der Waals surface area (Å²) >= 11 is 0. The molecule has 0 unspecified atom stereocenters. The fourth-order valence-corrected chi connectivity index (χ4v) is 2.21. The molecule has 106 valence electrons. The van der Waals surface area contributed by atoms with Crippen molar-refractivity contribution in [2.45, 2.75) is 32.4 Å². The summed E-state index contributed by atoms with van der Waals surface area (Å²) in [4.78, 5) is 17.3. The molecule has 0 radical (unpaired) electrons. The maximum absolute atomic E-state index is 11.6. The van der Waals surface area contributed by atoms with Gasteiger partial charge in [-0.2, -0.15) is 0 Å². The zero-order valence-corrected chi connectivity index (χ0v) is 12.0. The van der Waals surface area contributed by atoms with Crippen LogP contribution in [0.25, 0.3) is 0 Å². The summed E-state index contributed by atoms with van der Waals surface area (Å²) in [7, 11) is 0. The highest BCUT2D eigenvalue weighted by molar-refractivity contribution is 5.85. The number of carbonyl (C=O) groups excluding carboxylic acids is 1. The molecular formula is C14H21ClN2O2. The van der Waals surface area contributed by atoms with Gasteiger partial charge in [-0.15, -0.1) is 12.4 Å². The smallest absolute Gasteiger partial charge is 0.243 e. The summed E-state index contributed by atoms with van der Waals surface area (Å²) in [5, 5.41) is 4.84. The van der Waals surface area contributed by atoms with Crippen LogP contribution in [-0.2, 0) is 16.2 Å². The fourth-order valence-electron chi connectivity index (χ4n) is 2.21. The number of hydrogen-bond acceptors (Lipinski definition) is 3. The molecule has 0 spiro atoms. The Morgan fingerprint density at radius 3 is 2.53 bits per heavy atom. The SMILES string of the molecule is CC(=O)N(OCc1ccccc1)C1CCNCC1.Cl. The van der Waals surface area contributed by atoms with Gasteiger partial charge >= 0.3 is 0 Å². The van der Waals surface area contributed by atoms with Crippen molar-refractivity contribution in [1.29, 1.82) is 0 Å². The molecule has 19 heavy (non-hydrogen) atoms. The predicted molar refractivity (Wildman–Crippen MR) is 76.9 cm³/mol. The number of nitrogens with one attached hydrogen (secondary N) is 1. The second-order valence-corrected chi connectivity index (χ2v) is 4.59. The summed E-state index contributed by atoms with van der Waals surface area (Å²) in [5.74, 6) is -0.0159. The van der Waals surface area contributed by atoms with Crippen LogP contribution >= 0.6 is 12.4 Å². The van der Waals surface area contributed by atoms with Crippen LogP contribution in [0.5, 0.6) is 0 Å². The number of hydroxylamine groups is 2. The molecule has 1 aliphatic heterocycles. The van der Waals surface area contributed by atoms with E-state index in [0.717, 1.165) is 31.5 Å². The van der Waals surface area contributed by atoms with Crippen LogP contribution < -0.4 is 5.32 Å². The Kier molecular flexibility index (Phi) is 6.84. The third-order valence-corrected chi connectivity index (χ3v) is 3.16. The molecular weight excluding hydrogens is 264 g/mol. The molecule has 1 aliphatic rings. The Bertz CT molecular complexity index is 380. The molecule has 1 amide bonds. The van der Waals surface area contributed by atoms with Crippen molar-refractivity contribution in [2.24, 2.45) is 0 Å². The van der Waals surface area contributed by atoms with E-state index >= 15 is 0 Å². The zero-order valence-electron chi connectivity index (χ0n) is 11.2. The Labute approximate surface area is 120 Å². The van der Waals surface area contributed by atoms with E-state index in [1.807, 2.05) is 30.3 Å². The lowest BCUT2D eigenvalue weighted by atomic mass is 10.1. The second kappa shape index (κ2) is 8.15. The van der Waals surface area contributed by atoms with Gasteiger partial charge < -0.3 is 5.32 Å². The van der Waals surface area contributed by atoms with Crippen molar-refractivity contribution in [2.75, 3.05) is 13.1 Å². The minimum absolute atomic E-state index is 0. The molecule has 0 aliphatic carbocycles. The Morgan fingerprint density at radius 1 is 1.32 bits per heavy atom. The van der Waals surface area contributed by atoms with Crippen molar-refractivity contribution >= 4 is 18.3 Å². The highest BCUT2D eigenvalue weighted by Gasteiger charge is 2.23. The number of carbonyl (C=O) groups is 1. The molecule has 5 heteroatoms. The van der Waals surface area contributed by atoms with Gasteiger partial charge in [0.15, 0.2) is 0 Å². The summed E-state index contributed by atoms with van der Waals surface area (Å²) in [6.45, 7) is 3.91. The molecule has 0 bridgehead atoms. The maximum Gasteiger partial charge on any atom is 0.243 e. The Morgan fingerprint density at radius 2 is 1.95 bits per heavy atom. The van der Waals surface area contributed by atoms with Gasteiger partial charge in [0, 0.05) is 6.92 Å². The third kappa shape index (κ3) is 4.82. The van der Waals surface area contributed by atoms with Gasteiger partial charge in [-0.05, 0) is 31.5 Å². The topological polar surface area (TPSA) is 41.6 Å². The van der Waals surface area contributed by atoms with Crippen molar-refractivity contribution < 1.29 is 9.63 Å². The molecule has 0 atom stereocenters. The first-order valence-electron chi connectivity index (χ1n) is 6.45. The van der Waals surface area contributed by atoms with Gasteiger partial charge in [-0.25, -0.2) is 5.06 Å². The molecule has 4 nitrogen and oxygen atoms in total. The van der Waals surface area contributed by atoms with E-state index in [1.54, 1.807) is 12.0 Å². The summed E-state index contributed by atoms with van der Waals surface area (Å²) in [6.07, 6.45) is 1.91. The number of hydrogen-bond donors (Lipinski definition) is 1. The first-order chi connectivity index (χ1) is 8.77. The van der Waals surface area contributed by atoms with Gasteiger partial charge in [0.25, 0.3) is 0 Å². The summed E-state index contributed by atoms with van der Waals surface area (Å²) < 4.78 is 0. The minimum atomic E-state index is -0.0159. The van der Waals surface area contributed by atoms with E-state index in [9.17, 15) is 4.79 Å². The van der Waals surface area contributed by atoms with E-state index in [1.165, 1.54) is 0 Å². The molecule has 0 aromatic heterocycles. The molecule has 1 heterocycles. The van der Waals surface area contributed by atoms with E-state index in [-0.39, 0.29) is 24.4 Å². The monoisotopic (exact) mass is 284 g/mol. The third-order valence-electron chi connectivity index (χ3n) is 3.16. The summed E-state index contributed by atoms with van der Waals surface area (Å²) in [5.41, 5.74) is 1.08. The second-order valence-electron chi connectivity index (χ2n) is 4.59. The van der Waals surface area contributed by atoms with Crippen molar-refractivity contribution in [1.82, 2.24) is 10.4 Å². The predicted octanol–water partition coefficient (Wildman–Crippen LogP) is 2.14. The molecule has 1 aromatic rings. The normalized spacial score (nSPS) is 15.6. The summed E-state index contributed by atoms with van der Waals surface area (Å²) in [6, 6.07) is 10.1. The first-order valence-corrected chi connectivity index (χ1v) is 6.45. The number of amides is 1. The van der Waals surface area contributed by atoms with E-state index < -0.39 is 0 Å². The molecule has 1 saturated heterocycles. The van der Waals surface area contributed by atoms with Crippen molar-refractivity contribution in [3.05, 3.63) is 35.9 Å². The molecule has 1 N–H and O–H groups in total. The van der Waals surface area contributed by atoms with Crippen molar-refractivity contribution in [3.63, 3.8) is 0 Å². The quantitative estimate of drug-likeness (QED) is 0.862. The number of benzene rings is 1.